The fraction of sp³-hybridized carbons (Fsp3) is 0.533. The zero-order valence-corrected chi connectivity index (χ0v) is 12.8. The summed E-state index contributed by atoms with van der Waals surface area (Å²) < 4.78 is 27.6. The van der Waals surface area contributed by atoms with Crippen molar-refractivity contribution in [2.45, 2.75) is 24.3 Å². The van der Waals surface area contributed by atoms with Gasteiger partial charge in [-0.1, -0.05) is 19.1 Å². The first-order valence-corrected chi connectivity index (χ1v) is 8.75. The fourth-order valence-corrected chi connectivity index (χ4v) is 5.62. The van der Waals surface area contributed by atoms with Crippen molar-refractivity contribution in [1.82, 2.24) is 9.62 Å². The Bertz CT molecular complexity index is 680. The Kier molecular flexibility index (Phi) is 3.74. The number of fused-ring (bicyclic) bond motifs is 1. The number of rotatable bonds is 3. The summed E-state index contributed by atoms with van der Waals surface area (Å²) in [6.07, 6.45) is 0.802. The SMILES string of the molecule is CCC1C2CNCC2CN1S(=O)(=O)c1ccccc1C#N. The molecule has 0 saturated carbocycles. The molecule has 6 heteroatoms. The third-order valence-corrected chi connectivity index (χ3v) is 6.63. The van der Waals surface area contributed by atoms with E-state index in [1.807, 2.05) is 13.0 Å². The highest BCUT2D eigenvalue weighted by Crippen LogP contribution is 2.38. The number of sulfonamides is 1. The van der Waals surface area contributed by atoms with Crippen molar-refractivity contribution >= 4 is 10.0 Å². The number of nitrogens with zero attached hydrogens (tertiary/aromatic N) is 2. The quantitative estimate of drug-likeness (QED) is 0.910. The van der Waals surface area contributed by atoms with Gasteiger partial charge in [-0.15, -0.1) is 0 Å². The van der Waals surface area contributed by atoms with E-state index in [2.05, 4.69) is 5.32 Å². The lowest BCUT2D eigenvalue weighted by Crippen LogP contribution is -2.39. The highest BCUT2D eigenvalue weighted by Gasteiger charge is 2.48. The fourth-order valence-electron chi connectivity index (χ4n) is 3.68. The first-order valence-electron chi connectivity index (χ1n) is 7.31. The highest BCUT2D eigenvalue weighted by atomic mass is 32.2. The van der Waals surface area contributed by atoms with Gasteiger partial charge in [0.25, 0.3) is 0 Å². The Hall–Kier alpha value is -1.42. The lowest BCUT2D eigenvalue weighted by molar-refractivity contribution is 0.329. The molecule has 3 rings (SSSR count). The van der Waals surface area contributed by atoms with Gasteiger partial charge in [0.15, 0.2) is 0 Å². The minimum Gasteiger partial charge on any atom is -0.316 e. The minimum atomic E-state index is -3.60. The van der Waals surface area contributed by atoms with Crippen LogP contribution in [0, 0.1) is 23.2 Å². The Morgan fingerprint density at radius 1 is 1.38 bits per heavy atom. The molecular weight excluding hydrogens is 286 g/mol. The van der Waals surface area contributed by atoms with E-state index in [0.717, 1.165) is 19.5 Å². The van der Waals surface area contributed by atoms with Crippen LogP contribution in [-0.4, -0.2) is 38.4 Å². The average molecular weight is 305 g/mol. The van der Waals surface area contributed by atoms with Crippen LogP contribution in [0.5, 0.6) is 0 Å². The van der Waals surface area contributed by atoms with Crippen LogP contribution >= 0.6 is 0 Å². The van der Waals surface area contributed by atoms with E-state index >= 15 is 0 Å². The molecule has 3 atom stereocenters. The molecule has 0 radical (unpaired) electrons. The smallest absolute Gasteiger partial charge is 0.244 e. The normalized spacial score (nSPS) is 29.2. The molecule has 21 heavy (non-hydrogen) atoms. The van der Waals surface area contributed by atoms with Crippen molar-refractivity contribution in [2.75, 3.05) is 19.6 Å². The second kappa shape index (κ2) is 5.41. The Balaban J connectivity index is 2.01. The molecule has 0 aliphatic carbocycles. The second-order valence-electron chi connectivity index (χ2n) is 5.74. The summed E-state index contributed by atoms with van der Waals surface area (Å²) in [6, 6.07) is 8.48. The van der Waals surface area contributed by atoms with Gasteiger partial charge < -0.3 is 5.32 Å². The van der Waals surface area contributed by atoms with Gasteiger partial charge in [0, 0.05) is 12.6 Å². The summed E-state index contributed by atoms with van der Waals surface area (Å²) in [6.45, 7) is 4.35. The number of hydrogen-bond acceptors (Lipinski definition) is 4. The molecule has 0 aromatic heterocycles. The Labute approximate surface area is 125 Å². The molecule has 112 valence electrons. The van der Waals surface area contributed by atoms with E-state index < -0.39 is 10.0 Å². The van der Waals surface area contributed by atoms with Crippen molar-refractivity contribution < 1.29 is 8.42 Å². The van der Waals surface area contributed by atoms with Crippen LogP contribution in [0.2, 0.25) is 0 Å². The van der Waals surface area contributed by atoms with Crippen molar-refractivity contribution in [2.24, 2.45) is 11.8 Å². The molecule has 2 aliphatic rings. The van der Waals surface area contributed by atoms with E-state index in [4.69, 9.17) is 5.26 Å². The third kappa shape index (κ3) is 2.26. The van der Waals surface area contributed by atoms with Gasteiger partial charge in [-0.3, -0.25) is 0 Å². The molecule has 1 aromatic rings. The van der Waals surface area contributed by atoms with Crippen LogP contribution in [0.25, 0.3) is 0 Å². The number of benzene rings is 1. The van der Waals surface area contributed by atoms with Gasteiger partial charge in [-0.05, 0) is 43.5 Å². The highest BCUT2D eigenvalue weighted by molar-refractivity contribution is 7.89. The van der Waals surface area contributed by atoms with Crippen LogP contribution < -0.4 is 5.32 Å². The Morgan fingerprint density at radius 2 is 2.14 bits per heavy atom. The van der Waals surface area contributed by atoms with Gasteiger partial charge in [0.2, 0.25) is 10.0 Å². The molecule has 1 N–H and O–H groups in total. The predicted octanol–water partition coefficient (Wildman–Crippen LogP) is 1.18. The van der Waals surface area contributed by atoms with Crippen molar-refractivity contribution in [3.8, 4) is 6.07 Å². The number of hydrogen-bond donors (Lipinski definition) is 1. The summed E-state index contributed by atoms with van der Waals surface area (Å²) in [5.41, 5.74) is 0.225. The maximum Gasteiger partial charge on any atom is 0.244 e. The molecule has 0 amide bonds. The topological polar surface area (TPSA) is 73.2 Å². The molecule has 2 fully saturated rings. The monoisotopic (exact) mass is 305 g/mol. The summed E-state index contributed by atoms with van der Waals surface area (Å²) in [5, 5.41) is 12.5. The molecule has 3 unspecified atom stereocenters. The van der Waals surface area contributed by atoms with Gasteiger partial charge in [-0.2, -0.15) is 9.57 Å². The van der Waals surface area contributed by atoms with E-state index in [-0.39, 0.29) is 16.5 Å². The third-order valence-electron chi connectivity index (χ3n) is 4.68. The van der Waals surface area contributed by atoms with E-state index in [1.165, 1.54) is 6.07 Å². The van der Waals surface area contributed by atoms with E-state index in [9.17, 15) is 8.42 Å². The van der Waals surface area contributed by atoms with Gasteiger partial charge in [0.1, 0.15) is 6.07 Å². The number of nitrogens with one attached hydrogen (secondary N) is 1. The summed E-state index contributed by atoms with van der Waals surface area (Å²) in [5.74, 6) is 0.776. The molecule has 2 aliphatic heterocycles. The molecule has 0 spiro atoms. The molecular formula is C15H19N3O2S. The van der Waals surface area contributed by atoms with Crippen molar-refractivity contribution in [3.63, 3.8) is 0 Å². The predicted molar refractivity (Wildman–Crippen MR) is 79.0 cm³/mol. The van der Waals surface area contributed by atoms with E-state index in [0.29, 0.717) is 18.4 Å². The van der Waals surface area contributed by atoms with Crippen LogP contribution in [0.4, 0.5) is 0 Å². The maximum absolute atomic E-state index is 13.0. The van der Waals surface area contributed by atoms with E-state index in [1.54, 1.807) is 22.5 Å². The second-order valence-corrected chi connectivity index (χ2v) is 7.60. The van der Waals surface area contributed by atoms with Gasteiger partial charge in [0.05, 0.1) is 10.5 Å². The molecule has 5 nitrogen and oxygen atoms in total. The standard InChI is InChI=1S/C15H19N3O2S/c1-2-14-13-9-17-8-12(13)10-18(14)21(19,20)15-6-4-3-5-11(15)7-16/h3-6,12-14,17H,2,8-10H2,1H3. The van der Waals surface area contributed by atoms with Crippen LogP contribution in [0.3, 0.4) is 0 Å². The average Bonchev–Trinajstić information content (AvgIpc) is 3.07. The van der Waals surface area contributed by atoms with Gasteiger partial charge >= 0.3 is 0 Å². The lowest BCUT2D eigenvalue weighted by atomic mass is 9.93. The largest absolute Gasteiger partial charge is 0.316 e. The first kappa shape index (κ1) is 14.5. The summed E-state index contributed by atoms with van der Waals surface area (Å²) in [7, 11) is -3.60. The molecule has 2 saturated heterocycles. The zero-order valence-electron chi connectivity index (χ0n) is 12.0. The summed E-state index contributed by atoms with van der Waals surface area (Å²) >= 11 is 0. The molecule has 0 bridgehead atoms. The van der Waals surface area contributed by atoms with Crippen LogP contribution in [-0.2, 0) is 10.0 Å². The molecule has 1 aromatic carbocycles. The minimum absolute atomic E-state index is 0.0294. The van der Waals surface area contributed by atoms with Crippen molar-refractivity contribution in [3.05, 3.63) is 29.8 Å². The maximum atomic E-state index is 13.0. The van der Waals surface area contributed by atoms with Crippen molar-refractivity contribution in [1.29, 1.82) is 5.26 Å². The summed E-state index contributed by atoms with van der Waals surface area (Å²) in [4.78, 5) is 0.138. The Morgan fingerprint density at radius 3 is 2.86 bits per heavy atom. The lowest BCUT2D eigenvalue weighted by Gasteiger charge is -2.26. The van der Waals surface area contributed by atoms with Crippen LogP contribution in [0.1, 0.15) is 18.9 Å². The van der Waals surface area contributed by atoms with Gasteiger partial charge in [-0.25, -0.2) is 8.42 Å². The molecule has 2 heterocycles. The zero-order chi connectivity index (χ0) is 15.0. The van der Waals surface area contributed by atoms with Crippen LogP contribution in [0.15, 0.2) is 29.2 Å². The first-order chi connectivity index (χ1) is 10.1. The number of nitriles is 1.